The Balaban J connectivity index is 1.77. The van der Waals surface area contributed by atoms with Crippen molar-refractivity contribution in [3.8, 4) is 20.4 Å². The molecule has 3 aliphatic heterocycles. The maximum atomic E-state index is 11.6. The molecule has 6 heteroatoms. The van der Waals surface area contributed by atoms with E-state index in [0.29, 0.717) is 4.88 Å². The first-order valence-electron chi connectivity index (χ1n) is 11.2. The molecule has 32 heavy (non-hydrogen) atoms. The first-order valence-corrected chi connectivity index (χ1v) is 13.7. The van der Waals surface area contributed by atoms with Crippen molar-refractivity contribution >= 4 is 47.1 Å². The van der Waals surface area contributed by atoms with Crippen LogP contribution in [0.3, 0.4) is 0 Å². The Morgan fingerprint density at radius 1 is 1.09 bits per heavy atom. The molecule has 0 unspecified atom stereocenters. The van der Waals surface area contributed by atoms with Gasteiger partial charge in [-0.05, 0) is 0 Å². The van der Waals surface area contributed by atoms with E-state index in [4.69, 9.17) is 0 Å². The predicted molar refractivity (Wildman–Crippen MR) is 134 cm³/mol. The number of thiophene rings is 1. The molecule has 4 aliphatic rings. The summed E-state index contributed by atoms with van der Waals surface area (Å²) in [6.45, 7) is 2.35. The Morgan fingerprint density at radius 2 is 1.91 bits per heavy atom. The van der Waals surface area contributed by atoms with Crippen LogP contribution in [0.1, 0.15) is 33.6 Å². The SMILES string of the molecule is C[N+](C)=c1ccc2c(-c3ccc(C(=O)O)s3)c3cc4c5c(c3[se]c-2c1)CCCN5CCC4. The fourth-order valence-corrected chi connectivity index (χ4v) is 8.91. The average molecular weight is 509 g/mol. The number of carbonyl (C=O) groups is 1. The van der Waals surface area contributed by atoms with Gasteiger partial charge in [0, 0.05) is 0 Å². The minimum absolute atomic E-state index is 0.234. The quantitative estimate of drug-likeness (QED) is 0.251. The summed E-state index contributed by atoms with van der Waals surface area (Å²) >= 11 is 1.63. The predicted octanol–water partition coefficient (Wildman–Crippen LogP) is 4.16. The fraction of sp³-hybridized carbons (Fsp3) is 0.308. The molecule has 0 fully saturated rings. The number of anilines is 1. The molecule has 1 aliphatic carbocycles. The molecule has 0 saturated heterocycles. The van der Waals surface area contributed by atoms with Gasteiger partial charge in [-0.2, -0.15) is 0 Å². The summed E-state index contributed by atoms with van der Waals surface area (Å²) in [5, 5.41) is 12.1. The number of hydrogen-bond donors (Lipinski definition) is 1. The van der Waals surface area contributed by atoms with Crippen LogP contribution in [0.4, 0.5) is 5.69 Å². The molecule has 0 bridgehead atoms. The number of carboxylic acid groups (broad SMARTS) is 1. The van der Waals surface area contributed by atoms with E-state index in [1.807, 2.05) is 6.07 Å². The second-order valence-electron chi connectivity index (χ2n) is 8.95. The van der Waals surface area contributed by atoms with Crippen molar-refractivity contribution in [2.24, 2.45) is 0 Å². The number of aromatic carboxylic acids is 1. The van der Waals surface area contributed by atoms with Gasteiger partial charge in [-0.25, -0.2) is 0 Å². The standard InChI is InChI=1S/C26H24N2O2SSe/c1-27(2)16-7-8-17-22(14-16)32-25-18-6-4-12-28-11-3-5-15(24(18)28)13-19(25)23(17)20-9-10-21(31-20)26(29)30/h7-10,13-14H,3-6,11-12H2,1-2H3/p+1. The second-order valence-corrected chi connectivity index (χ2v) is 12.2. The van der Waals surface area contributed by atoms with E-state index in [1.54, 1.807) is 11.6 Å². The van der Waals surface area contributed by atoms with Crippen LogP contribution in [0.5, 0.6) is 0 Å². The number of fused-ring (bicyclic) bond motifs is 3. The van der Waals surface area contributed by atoms with Crippen molar-refractivity contribution < 1.29 is 9.90 Å². The summed E-state index contributed by atoms with van der Waals surface area (Å²) in [4.78, 5) is 15.7. The van der Waals surface area contributed by atoms with Gasteiger partial charge in [-0.15, -0.1) is 0 Å². The van der Waals surface area contributed by atoms with Crippen molar-refractivity contribution in [2.75, 3.05) is 32.1 Å². The molecule has 0 spiro atoms. The summed E-state index contributed by atoms with van der Waals surface area (Å²) < 4.78 is 5.09. The minimum atomic E-state index is -0.846. The number of aryl methyl sites for hydroxylation is 2. The molecular formula is C26H25N2O2SSe+. The van der Waals surface area contributed by atoms with Gasteiger partial charge in [0.25, 0.3) is 0 Å². The van der Waals surface area contributed by atoms with Crippen molar-refractivity contribution in [3.05, 3.63) is 57.8 Å². The third-order valence-corrected chi connectivity index (χ3v) is 10.4. The zero-order valence-electron chi connectivity index (χ0n) is 18.3. The third-order valence-electron chi connectivity index (χ3n) is 6.77. The number of rotatable bonds is 2. The van der Waals surface area contributed by atoms with E-state index in [-0.39, 0.29) is 14.5 Å². The van der Waals surface area contributed by atoms with E-state index in [0.717, 1.165) is 17.7 Å². The first-order chi connectivity index (χ1) is 15.5. The molecule has 162 valence electrons. The molecule has 1 aromatic heterocycles. The molecule has 0 amide bonds. The molecule has 0 saturated carbocycles. The Kier molecular flexibility index (Phi) is 4.79. The van der Waals surface area contributed by atoms with Crippen LogP contribution in [0.25, 0.3) is 30.1 Å². The molecule has 4 heterocycles. The van der Waals surface area contributed by atoms with Crippen molar-refractivity contribution in [3.63, 3.8) is 0 Å². The molecule has 0 radical (unpaired) electrons. The zero-order chi connectivity index (χ0) is 22.0. The molecule has 1 N–H and O–H groups in total. The van der Waals surface area contributed by atoms with Gasteiger partial charge in [-0.1, -0.05) is 0 Å². The molecule has 1 aromatic carbocycles. The number of carboxylic acids is 1. The van der Waals surface area contributed by atoms with Crippen LogP contribution >= 0.6 is 11.3 Å². The monoisotopic (exact) mass is 509 g/mol. The van der Waals surface area contributed by atoms with Gasteiger partial charge >= 0.3 is 198 Å². The average Bonchev–Trinajstić information content (AvgIpc) is 3.28. The summed E-state index contributed by atoms with van der Waals surface area (Å²) in [5.41, 5.74) is 7.08. The molecule has 2 aromatic rings. The summed E-state index contributed by atoms with van der Waals surface area (Å²) in [7, 11) is 4.18. The van der Waals surface area contributed by atoms with Crippen molar-refractivity contribution in [1.82, 2.24) is 4.58 Å². The topological polar surface area (TPSA) is 43.6 Å². The molecule has 4 nitrogen and oxygen atoms in total. The fourth-order valence-electron chi connectivity index (χ4n) is 5.32. The van der Waals surface area contributed by atoms with Gasteiger partial charge in [0.1, 0.15) is 0 Å². The van der Waals surface area contributed by atoms with Crippen LogP contribution in [0.15, 0.2) is 36.4 Å². The van der Waals surface area contributed by atoms with E-state index >= 15 is 0 Å². The van der Waals surface area contributed by atoms with Crippen LogP contribution in [-0.2, 0) is 12.8 Å². The van der Waals surface area contributed by atoms with Gasteiger partial charge in [0.05, 0.1) is 0 Å². The van der Waals surface area contributed by atoms with Gasteiger partial charge < -0.3 is 0 Å². The van der Waals surface area contributed by atoms with Crippen molar-refractivity contribution in [1.29, 1.82) is 0 Å². The number of nitrogens with zero attached hydrogens (tertiary/aromatic N) is 2. The van der Waals surface area contributed by atoms with Crippen LogP contribution < -0.4 is 14.8 Å². The van der Waals surface area contributed by atoms with Gasteiger partial charge in [0.2, 0.25) is 0 Å². The number of benzene rings is 2. The van der Waals surface area contributed by atoms with Crippen LogP contribution in [0, 0.1) is 0 Å². The first kappa shape index (κ1) is 20.2. The van der Waals surface area contributed by atoms with Crippen LogP contribution in [-0.4, -0.2) is 52.8 Å². The van der Waals surface area contributed by atoms with E-state index < -0.39 is 5.97 Å². The van der Waals surface area contributed by atoms with E-state index in [2.05, 4.69) is 47.8 Å². The summed E-state index contributed by atoms with van der Waals surface area (Å²) in [6, 6.07) is 13.0. The second kappa shape index (κ2) is 7.58. The zero-order valence-corrected chi connectivity index (χ0v) is 20.8. The Hall–Kier alpha value is -2.40. The summed E-state index contributed by atoms with van der Waals surface area (Å²) in [5.74, 6) is -0.846. The van der Waals surface area contributed by atoms with Crippen molar-refractivity contribution in [2.45, 2.75) is 25.7 Å². The normalized spacial score (nSPS) is 15.2. The molecular weight excluding hydrogens is 483 g/mol. The molecule has 6 rings (SSSR count). The Bertz CT molecular complexity index is 1440. The Morgan fingerprint density at radius 3 is 2.66 bits per heavy atom. The third kappa shape index (κ3) is 3.08. The maximum absolute atomic E-state index is 11.6. The summed E-state index contributed by atoms with van der Waals surface area (Å²) in [6.07, 6.45) is 4.74. The van der Waals surface area contributed by atoms with Gasteiger partial charge in [0.15, 0.2) is 0 Å². The number of hydrogen-bond acceptors (Lipinski definition) is 3. The Labute approximate surface area is 197 Å². The van der Waals surface area contributed by atoms with Crippen LogP contribution in [0.2, 0.25) is 0 Å². The van der Waals surface area contributed by atoms with E-state index in [1.165, 1.54) is 79.1 Å². The van der Waals surface area contributed by atoms with Gasteiger partial charge in [-0.3, -0.25) is 0 Å². The molecule has 0 atom stereocenters. The van der Waals surface area contributed by atoms with E-state index in [9.17, 15) is 9.90 Å².